The molecule has 4 heteroatoms. The van der Waals surface area contributed by atoms with Crippen molar-refractivity contribution in [2.45, 2.75) is 32.2 Å². The first kappa shape index (κ1) is 14.8. The van der Waals surface area contributed by atoms with E-state index in [0.717, 1.165) is 49.4 Å². The first-order chi connectivity index (χ1) is 9.31. The molecule has 0 bridgehead atoms. The molecular formula is C15H22BrNO2. The van der Waals surface area contributed by atoms with Gasteiger partial charge in [0, 0.05) is 35.7 Å². The topological polar surface area (TPSA) is 30.5 Å². The van der Waals surface area contributed by atoms with E-state index in [4.69, 9.17) is 9.47 Å². The molecule has 0 saturated carbocycles. The summed E-state index contributed by atoms with van der Waals surface area (Å²) in [6, 6.07) is 6.57. The van der Waals surface area contributed by atoms with Crippen LogP contribution in [0.15, 0.2) is 22.7 Å². The predicted molar refractivity (Wildman–Crippen MR) is 80.7 cm³/mol. The molecule has 0 fully saturated rings. The highest BCUT2D eigenvalue weighted by Crippen LogP contribution is 2.33. The molecule has 1 aromatic carbocycles. The number of hydrogen-bond donors (Lipinski definition) is 1. The third kappa shape index (κ3) is 4.48. The van der Waals surface area contributed by atoms with Gasteiger partial charge >= 0.3 is 0 Å². The van der Waals surface area contributed by atoms with Crippen molar-refractivity contribution in [2.24, 2.45) is 0 Å². The summed E-state index contributed by atoms with van der Waals surface area (Å²) in [5.74, 6) is 0.999. The van der Waals surface area contributed by atoms with E-state index >= 15 is 0 Å². The maximum Gasteiger partial charge on any atom is 0.124 e. The lowest BCUT2D eigenvalue weighted by Gasteiger charge is -2.27. The minimum Gasteiger partial charge on any atom is -0.493 e. The van der Waals surface area contributed by atoms with Crippen LogP contribution in [-0.4, -0.2) is 26.4 Å². The lowest BCUT2D eigenvalue weighted by atomic mass is 10.0. The Kier molecular flexibility index (Phi) is 6.14. The summed E-state index contributed by atoms with van der Waals surface area (Å²) in [6.07, 6.45) is 3.35. The van der Waals surface area contributed by atoms with E-state index in [2.05, 4.69) is 34.2 Å². The van der Waals surface area contributed by atoms with Gasteiger partial charge in [-0.05, 0) is 24.6 Å². The van der Waals surface area contributed by atoms with E-state index in [0.29, 0.717) is 6.04 Å². The minimum absolute atomic E-state index is 0.371. The molecule has 0 aromatic heterocycles. The Bertz CT molecular complexity index is 398. The molecule has 1 aliphatic rings. The van der Waals surface area contributed by atoms with Gasteiger partial charge in [-0.25, -0.2) is 0 Å². The van der Waals surface area contributed by atoms with Gasteiger partial charge in [-0.15, -0.1) is 0 Å². The zero-order valence-electron chi connectivity index (χ0n) is 11.5. The zero-order chi connectivity index (χ0) is 13.5. The van der Waals surface area contributed by atoms with Crippen molar-refractivity contribution >= 4 is 15.9 Å². The Balaban J connectivity index is 1.80. The molecule has 0 saturated heterocycles. The van der Waals surface area contributed by atoms with Crippen molar-refractivity contribution in [1.82, 2.24) is 5.32 Å². The summed E-state index contributed by atoms with van der Waals surface area (Å²) < 4.78 is 12.3. The maximum absolute atomic E-state index is 5.68. The molecule has 0 spiro atoms. The quantitative estimate of drug-likeness (QED) is 0.775. The van der Waals surface area contributed by atoms with Gasteiger partial charge in [-0.2, -0.15) is 0 Å². The molecule has 19 heavy (non-hydrogen) atoms. The molecule has 1 heterocycles. The number of nitrogens with one attached hydrogen (secondary N) is 1. The van der Waals surface area contributed by atoms with Crippen LogP contribution >= 0.6 is 15.9 Å². The van der Waals surface area contributed by atoms with Crippen molar-refractivity contribution < 1.29 is 9.47 Å². The number of unbranched alkanes of at least 4 members (excludes halogenated alkanes) is 1. The van der Waals surface area contributed by atoms with E-state index < -0.39 is 0 Å². The predicted octanol–water partition coefficient (Wildman–Crippen LogP) is 3.68. The molecule has 0 amide bonds. The van der Waals surface area contributed by atoms with Gasteiger partial charge in [0.1, 0.15) is 5.75 Å². The Hall–Kier alpha value is -0.580. The average Bonchev–Trinajstić information content (AvgIpc) is 2.43. The molecule has 1 aliphatic heterocycles. The second-order valence-electron chi connectivity index (χ2n) is 4.79. The molecule has 1 aromatic rings. The number of rotatable bonds is 7. The van der Waals surface area contributed by atoms with Crippen LogP contribution in [0, 0.1) is 0 Å². The van der Waals surface area contributed by atoms with Gasteiger partial charge in [0.25, 0.3) is 0 Å². The van der Waals surface area contributed by atoms with Gasteiger partial charge in [0.15, 0.2) is 0 Å². The third-order valence-corrected chi connectivity index (χ3v) is 3.78. The molecular weight excluding hydrogens is 306 g/mol. The number of benzene rings is 1. The van der Waals surface area contributed by atoms with Crippen LogP contribution in [0.3, 0.4) is 0 Å². The molecule has 0 radical (unpaired) electrons. The second kappa shape index (κ2) is 7.88. The van der Waals surface area contributed by atoms with Crippen LogP contribution < -0.4 is 10.1 Å². The van der Waals surface area contributed by atoms with Crippen LogP contribution in [0.2, 0.25) is 0 Å². The van der Waals surface area contributed by atoms with Crippen LogP contribution in [0.1, 0.15) is 37.8 Å². The maximum atomic E-state index is 5.68. The average molecular weight is 328 g/mol. The van der Waals surface area contributed by atoms with Crippen LogP contribution in [0.4, 0.5) is 0 Å². The number of halogens is 1. The van der Waals surface area contributed by atoms with Gasteiger partial charge in [0.05, 0.1) is 13.2 Å². The zero-order valence-corrected chi connectivity index (χ0v) is 13.0. The molecule has 2 rings (SSSR count). The minimum atomic E-state index is 0.371. The van der Waals surface area contributed by atoms with Crippen molar-refractivity contribution in [3.05, 3.63) is 28.2 Å². The monoisotopic (exact) mass is 327 g/mol. The van der Waals surface area contributed by atoms with Gasteiger partial charge in [0.2, 0.25) is 0 Å². The Morgan fingerprint density at radius 3 is 3.16 bits per heavy atom. The normalized spacial score (nSPS) is 17.9. The Morgan fingerprint density at radius 2 is 2.32 bits per heavy atom. The van der Waals surface area contributed by atoms with Crippen molar-refractivity contribution in [2.75, 3.05) is 26.4 Å². The Labute approximate surface area is 123 Å². The highest BCUT2D eigenvalue weighted by Gasteiger charge is 2.20. The van der Waals surface area contributed by atoms with E-state index in [1.807, 2.05) is 12.1 Å². The fourth-order valence-electron chi connectivity index (χ4n) is 2.23. The summed E-state index contributed by atoms with van der Waals surface area (Å²) in [6.45, 7) is 5.50. The van der Waals surface area contributed by atoms with Gasteiger partial charge < -0.3 is 14.8 Å². The lowest BCUT2D eigenvalue weighted by molar-refractivity contribution is 0.128. The highest BCUT2D eigenvalue weighted by molar-refractivity contribution is 9.10. The standard InChI is InChI=1S/C15H22BrNO2/c1-2-3-8-18-10-7-17-14-6-9-19-15-5-4-12(16)11-13(14)15/h4-5,11,14,17H,2-3,6-10H2,1H3. The third-order valence-electron chi connectivity index (χ3n) is 3.29. The van der Waals surface area contributed by atoms with E-state index in [-0.39, 0.29) is 0 Å². The van der Waals surface area contributed by atoms with Gasteiger partial charge in [-0.3, -0.25) is 0 Å². The van der Waals surface area contributed by atoms with Crippen molar-refractivity contribution in [3.63, 3.8) is 0 Å². The van der Waals surface area contributed by atoms with Crippen LogP contribution in [-0.2, 0) is 4.74 Å². The second-order valence-corrected chi connectivity index (χ2v) is 5.71. The molecule has 1 atom stereocenters. The summed E-state index contributed by atoms with van der Waals surface area (Å²) >= 11 is 3.52. The number of ether oxygens (including phenoxy) is 2. The van der Waals surface area contributed by atoms with Crippen LogP contribution in [0.5, 0.6) is 5.75 Å². The van der Waals surface area contributed by atoms with Gasteiger partial charge in [-0.1, -0.05) is 29.3 Å². The fraction of sp³-hybridized carbons (Fsp3) is 0.600. The lowest BCUT2D eigenvalue weighted by Crippen LogP contribution is -2.29. The summed E-state index contributed by atoms with van der Waals surface area (Å²) in [5, 5.41) is 3.56. The fourth-order valence-corrected chi connectivity index (χ4v) is 2.61. The first-order valence-corrected chi connectivity index (χ1v) is 7.84. The largest absolute Gasteiger partial charge is 0.493 e. The molecule has 0 aliphatic carbocycles. The SMILES string of the molecule is CCCCOCCNC1CCOc2ccc(Br)cc21. The molecule has 3 nitrogen and oxygen atoms in total. The molecule has 1 unspecified atom stereocenters. The first-order valence-electron chi connectivity index (χ1n) is 7.04. The summed E-state index contributed by atoms with van der Waals surface area (Å²) in [4.78, 5) is 0. The van der Waals surface area contributed by atoms with Crippen molar-refractivity contribution in [1.29, 1.82) is 0 Å². The number of hydrogen-bond acceptors (Lipinski definition) is 3. The van der Waals surface area contributed by atoms with Crippen molar-refractivity contribution in [3.8, 4) is 5.75 Å². The Morgan fingerprint density at radius 1 is 1.42 bits per heavy atom. The molecule has 1 N–H and O–H groups in total. The highest BCUT2D eigenvalue weighted by atomic mass is 79.9. The van der Waals surface area contributed by atoms with E-state index in [1.165, 1.54) is 12.0 Å². The summed E-state index contributed by atoms with van der Waals surface area (Å²) in [5.41, 5.74) is 1.24. The smallest absolute Gasteiger partial charge is 0.124 e. The van der Waals surface area contributed by atoms with E-state index in [1.54, 1.807) is 0 Å². The number of fused-ring (bicyclic) bond motifs is 1. The van der Waals surface area contributed by atoms with E-state index in [9.17, 15) is 0 Å². The molecule has 106 valence electrons. The van der Waals surface area contributed by atoms with Crippen LogP contribution in [0.25, 0.3) is 0 Å². The summed E-state index contributed by atoms with van der Waals surface area (Å²) in [7, 11) is 0.